The highest BCUT2D eigenvalue weighted by Gasteiger charge is 2.17. The maximum atomic E-state index is 12.5. The third-order valence-electron chi connectivity index (χ3n) is 4.14. The zero-order valence-corrected chi connectivity index (χ0v) is 14.9. The Bertz CT molecular complexity index is 1150. The number of nitrogens with two attached hydrogens (primary N) is 1. The van der Waals surface area contributed by atoms with Gasteiger partial charge in [-0.2, -0.15) is 13.9 Å². The second kappa shape index (κ2) is 7.58. The lowest BCUT2D eigenvalue weighted by atomic mass is 10.1. The van der Waals surface area contributed by atoms with Crippen molar-refractivity contribution in [3.8, 4) is 22.6 Å². The first-order valence-electron chi connectivity index (χ1n) is 8.49. The first kappa shape index (κ1) is 18.4. The van der Waals surface area contributed by atoms with Crippen LogP contribution in [0.25, 0.3) is 22.6 Å². The maximum absolute atomic E-state index is 12.5. The molecule has 0 unspecified atom stereocenters. The average molecular weight is 396 g/mol. The fourth-order valence-corrected chi connectivity index (χ4v) is 2.70. The normalized spacial score (nSPS) is 11.1. The summed E-state index contributed by atoms with van der Waals surface area (Å²) in [7, 11) is 0. The van der Waals surface area contributed by atoms with Gasteiger partial charge in [0, 0.05) is 23.5 Å². The first-order chi connectivity index (χ1) is 14.0. The van der Waals surface area contributed by atoms with Crippen LogP contribution < -0.4 is 5.73 Å². The Morgan fingerprint density at radius 3 is 2.66 bits per heavy atom. The summed E-state index contributed by atoms with van der Waals surface area (Å²) in [6, 6.07) is 10.3. The van der Waals surface area contributed by atoms with Crippen LogP contribution in [0.15, 0.2) is 59.4 Å². The number of carbonyl (C=O) groups excluding carboxylic acids is 1. The molecule has 1 aromatic carbocycles. The molecule has 3 aromatic heterocycles. The second-order valence-corrected chi connectivity index (χ2v) is 6.16. The minimum atomic E-state index is -2.82. The zero-order valence-electron chi connectivity index (χ0n) is 14.9. The predicted molar refractivity (Wildman–Crippen MR) is 97.8 cm³/mol. The topological polar surface area (TPSA) is 113 Å². The first-order valence-corrected chi connectivity index (χ1v) is 8.49. The van der Waals surface area contributed by atoms with Gasteiger partial charge in [0.25, 0.3) is 5.89 Å². The highest BCUT2D eigenvalue weighted by atomic mass is 19.3. The molecule has 1 amide bonds. The van der Waals surface area contributed by atoms with Gasteiger partial charge in [-0.3, -0.25) is 14.5 Å². The summed E-state index contributed by atoms with van der Waals surface area (Å²) in [5, 5.41) is 11.2. The molecule has 4 aromatic rings. The van der Waals surface area contributed by atoms with Crippen LogP contribution in [-0.4, -0.2) is 30.9 Å². The molecule has 0 atom stereocenters. The molecule has 0 aliphatic carbocycles. The van der Waals surface area contributed by atoms with Crippen molar-refractivity contribution in [1.82, 2.24) is 25.0 Å². The third kappa shape index (κ3) is 4.00. The number of hydrogen-bond donors (Lipinski definition) is 1. The van der Waals surface area contributed by atoms with Crippen molar-refractivity contribution in [2.24, 2.45) is 5.73 Å². The van der Waals surface area contributed by atoms with Gasteiger partial charge in [0.2, 0.25) is 11.8 Å². The van der Waals surface area contributed by atoms with Crippen LogP contribution in [0.4, 0.5) is 8.78 Å². The van der Waals surface area contributed by atoms with Crippen molar-refractivity contribution < 1.29 is 18.0 Å². The van der Waals surface area contributed by atoms with E-state index in [0.29, 0.717) is 23.4 Å². The van der Waals surface area contributed by atoms with Crippen molar-refractivity contribution in [1.29, 1.82) is 0 Å². The Balaban J connectivity index is 1.49. The Morgan fingerprint density at radius 2 is 1.97 bits per heavy atom. The number of nitrogens with zero attached hydrogens (tertiary/aromatic N) is 5. The van der Waals surface area contributed by atoms with Gasteiger partial charge in [-0.05, 0) is 29.8 Å². The van der Waals surface area contributed by atoms with Crippen molar-refractivity contribution in [3.05, 3.63) is 72.1 Å². The molecule has 4 rings (SSSR count). The number of rotatable bonds is 6. The van der Waals surface area contributed by atoms with Crippen LogP contribution in [0, 0.1) is 0 Å². The van der Waals surface area contributed by atoms with E-state index in [4.69, 9.17) is 10.2 Å². The van der Waals surface area contributed by atoms with E-state index in [1.165, 1.54) is 6.20 Å². The van der Waals surface area contributed by atoms with Gasteiger partial charge < -0.3 is 10.2 Å². The molecule has 10 heteroatoms. The second-order valence-electron chi connectivity index (χ2n) is 6.16. The van der Waals surface area contributed by atoms with Crippen LogP contribution in [0.5, 0.6) is 0 Å². The van der Waals surface area contributed by atoms with Gasteiger partial charge in [-0.25, -0.2) is 0 Å². The van der Waals surface area contributed by atoms with E-state index >= 15 is 0 Å². The molecule has 146 valence electrons. The van der Waals surface area contributed by atoms with E-state index in [1.807, 2.05) is 12.3 Å². The molecule has 0 radical (unpaired) electrons. The molecule has 29 heavy (non-hydrogen) atoms. The number of amides is 1. The van der Waals surface area contributed by atoms with Crippen LogP contribution in [-0.2, 0) is 6.54 Å². The molecule has 0 aliphatic heterocycles. The van der Waals surface area contributed by atoms with Crippen molar-refractivity contribution in [3.63, 3.8) is 0 Å². The zero-order chi connectivity index (χ0) is 20.4. The Labute approximate surface area is 163 Å². The number of benzene rings is 1. The molecule has 0 saturated heterocycles. The minimum absolute atomic E-state index is 0.0185. The van der Waals surface area contributed by atoms with E-state index in [1.54, 1.807) is 41.2 Å². The lowest BCUT2D eigenvalue weighted by Gasteiger charge is -2.02. The van der Waals surface area contributed by atoms with Crippen LogP contribution in [0.1, 0.15) is 28.4 Å². The molecule has 2 N–H and O–H groups in total. The minimum Gasteiger partial charge on any atom is -0.415 e. The smallest absolute Gasteiger partial charge is 0.314 e. The summed E-state index contributed by atoms with van der Waals surface area (Å²) < 4.78 is 31.7. The summed E-state index contributed by atoms with van der Waals surface area (Å²) in [6.07, 6.45) is 2.15. The summed E-state index contributed by atoms with van der Waals surface area (Å²) >= 11 is 0. The summed E-state index contributed by atoms with van der Waals surface area (Å²) in [6.45, 7) is 0.391. The van der Waals surface area contributed by atoms with E-state index in [2.05, 4.69) is 20.3 Å². The number of alkyl halides is 2. The molecule has 0 fully saturated rings. The number of hydrogen-bond acceptors (Lipinski definition) is 6. The molecule has 3 heterocycles. The third-order valence-corrected chi connectivity index (χ3v) is 4.14. The van der Waals surface area contributed by atoms with Gasteiger partial charge >= 0.3 is 6.43 Å². The van der Waals surface area contributed by atoms with Gasteiger partial charge in [-0.1, -0.05) is 12.1 Å². The Kier molecular flexibility index (Phi) is 4.82. The van der Waals surface area contributed by atoms with Crippen molar-refractivity contribution in [2.75, 3.05) is 0 Å². The fraction of sp³-hybridized carbons (Fsp3) is 0.105. The number of carbonyl (C=O) groups is 1. The average Bonchev–Trinajstić information content (AvgIpc) is 3.39. The van der Waals surface area contributed by atoms with Gasteiger partial charge in [0.1, 0.15) is 0 Å². The summed E-state index contributed by atoms with van der Waals surface area (Å²) in [4.78, 5) is 15.6. The van der Waals surface area contributed by atoms with Gasteiger partial charge in [-0.15, -0.1) is 10.2 Å². The van der Waals surface area contributed by atoms with E-state index in [0.717, 1.165) is 11.1 Å². The highest BCUT2D eigenvalue weighted by Crippen LogP contribution is 2.23. The van der Waals surface area contributed by atoms with Crippen LogP contribution in [0.3, 0.4) is 0 Å². The predicted octanol–water partition coefficient (Wildman–Crippen LogP) is 3.08. The highest BCUT2D eigenvalue weighted by molar-refractivity contribution is 5.94. The van der Waals surface area contributed by atoms with Crippen LogP contribution >= 0.6 is 0 Å². The molecular formula is C19H14F2N6O2. The molecule has 0 bridgehead atoms. The number of pyridine rings is 1. The molecule has 0 spiro atoms. The Morgan fingerprint density at radius 1 is 1.10 bits per heavy atom. The number of halogens is 2. The maximum Gasteiger partial charge on any atom is 0.314 e. The standard InChI is InChI=1S/C19H14F2N6O2/c20-16(21)19-26-25-18(29-19)13-4-5-15(23-7-13)10-27-9-14(8-24-27)11-2-1-3-12(6-11)17(22)28/h1-9,16H,10H2,(H2,22,28). The number of primary amides is 1. The lowest BCUT2D eigenvalue weighted by Crippen LogP contribution is -2.10. The molecule has 0 aliphatic rings. The van der Waals surface area contributed by atoms with Gasteiger partial charge in [0.15, 0.2) is 0 Å². The lowest BCUT2D eigenvalue weighted by molar-refractivity contribution is 0.1000. The van der Waals surface area contributed by atoms with E-state index in [9.17, 15) is 13.6 Å². The largest absolute Gasteiger partial charge is 0.415 e. The van der Waals surface area contributed by atoms with Crippen LogP contribution in [0.2, 0.25) is 0 Å². The molecular weight excluding hydrogens is 382 g/mol. The van der Waals surface area contributed by atoms with Gasteiger partial charge in [0.05, 0.1) is 24.0 Å². The van der Waals surface area contributed by atoms with E-state index in [-0.39, 0.29) is 5.89 Å². The number of aromatic nitrogens is 5. The van der Waals surface area contributed by atoms with E-state index < -0.39 is 18.2 Å². The monoisotopic (exact) mass is 396 g/mol. The Hall–Kier alpha value is -3.95. The quantitative estimate of drug-likeness (QED) is 0.536. The van der Waals surface area contributed by atoms with Crippen molar-refractivity contribution in [2.45, 2.75) is 13.0 Å². The SMILES string of the molecule is NC(=O)c1cccc(-c2cnn(Cc3ccc(-c4nnc(C(F)F)o4)cn3)c2)c1. The fourth-order valence-electron chi connectivity index (χ4n) is 2.70. The summed E-state index contributed by atoms with van der Waals surface area (Å²) in [5.41, 5.74) is 8.53. The van der Waals surface area contributed by atoms with Crippen molar-refractivity contribution >= 4 is 5.91 Å². The molecule has 0 saturated carbocycles. The molecule has 8 nitrogen and oxygen atoms in total. The summed E-state index contributed by atoms with van der Waals surface area (Å²) in [5.74, 6) is -1.24.